The Bertz CT molecular complexity index is 257. The van der Waals surface area contributed by atoms with Crippen LogP contribution in [0.4, 0.5) is 0 Å². The molecular weight excluding hydrogens is 168 g/mol. The normalized spacial score (nSPS) is 23.2. The lowest BCUT2D eigenvalue weighted by Crippen LogP contribution is -2.12. The minimum Gasteiger partial charge on any atom is -0.330 e. The zero-order valence-electron chi connectivity index (χ0n) is 7.12. The first-order valence-electron chi connectivity index (χ1n) is 4.54. The van der Waals surface area contributed by atoms with E-state index in [9.17, 15) is 0 Å². The molecule has 1 atom stereocenters. The van der Waals surface area contributed by atoms with E-state index in [1.54, 1.807) is 11.3 Å². The molecule has 2 N–H and O–H groups in total. The van der Waals surface area contributed by atoms with Crippen LogP contribution in [0.25, 0.3) is 0 Å². The van der Waals surface area contributed by atoms with Crippen molar-refractivity contribution in [3.05, 3.63) is 16.1 Å². The minimum absolute atomic E-state index is 0.536. The molecule has 66 valence electrons. The molecule has 0 radical (unpaired) electrons. The van der Waals surface area contributed by atoms with Crippen LogP contribution in [-0.2, 0) is 6.42 Å². The monoisotopic (exact) mass is 182 g/mol. The number of thiazole rings is 1. The average molecular weight is 182 g/mol. The first-order chi connectivity index (χ1) is 5.92. The molecule has 1 aromatic rings. The van der Waals surface area contributed by atoms with Gasteiger partial charge in [0.1, 0.15) is 0 Å². The number of rotatable bonds is 1. The minimum atomic E-state index is 0.536. The number of aryl methyl sites for hydroxylation is 1. The lowest BCUT2D eigenvalue weighted by Gasteiger charge is -2.09. The third kappa shape index (κ3) is 1.39. The summed E-state index contributed by atoms with van der Waals surface area (Å²) in [5.74, 6) is 0.536. The van der Waals surface area contributed by atoms with Crippen LogP contribution in [0.1, 0.15) is 35.8 Å². The number of fused-ring (bicyclic) bond motifs is 1. The molecule has 0 amide bonds. The van der Waals surface area contributed by atoms with Gasteiger partial charge in [-0.15, -0.1) is 11.3 Å². The predicted octanol–water partition coefficient (Wildman–Crippen LogP) is 1.91. The van der Waals surface area contributed by atoms with Crippen LogP contribution in [0.15, 0.2) is 5.51 Å². The fourth-order valence-corrected chi connectivity index (χ4v) is 2.74. The molecule has 0 fully saturated rings. The summed E-state index contributed by atoms with van der Waals surface area (Å²) < 4.78 is 0. The van der Waals surface area contributed by atoms with Gasteiger partial charge < -0.3 is 5.73 Å². The molecule has 0 saturated carbocycles. The van der Waals surface area contributed by atoms with Crippen LogP contribution in [0.3, 0.4) is 0 Å². The number of nitrogens with two attached hydrogens (primary N) is 1. The van der Waals surface area contributed by atoms with Gasteiger partial charge in [-0.2, -0.15) is 0 Å². The lowest BCUT2D eigenvalue weighted by atomic mass is 10.0. The van der Waals surface area contributed by atoms with E-state index in [0.717, 1.165) is 6.54 Å². The van der Waals surface area contributed by atoms with Crippen LogP contribution < -0.4 is 5.73 Å². The molecule has 2 rings (SSSR count). The Morgan fingerprint density at radius 1 is 1.58 bits per heavy atom. The molecule has 0 bridgehead atoms. The van der Waals surface area contributed by atoms with E-state index in [1.165, 1.54) is 36.3 Å². The highest BCUT2D eigenvalue weighted by molar-refractivity contribution is 7.09. The second-order valence-corrected chi connectivity index (χ2v) is 4.28. The van der Waals surface area contributed by atoms with Gasteiger partial charge in [0.25, 0.3) is 0 Å². The Hall–Kier alpha value is -0.410. The summed E-state index contributed by atoms with van der Waals surface area (Å²) in [5, 5.41) is 0. The fraction of sp³-hybridized carbons (Fsp3) is 0.667. The van der Waals surface area contributed by atoms with E-state index in [4.69, 9.17) is 5.73 Å². The zero-order valence-corrected chi connectivity index (χ0v) is 7.94. The van der Waals surface area contributed by atoms with Gasteiger partial charge in [0, 0.05) is 17.3 Å². The van der Waals surface area contributed by atoms with E-state index in [-0.39, 0.29) is 0 Å². The molecule has 0 aromatic carbocycles. The highest BCUT2D eigenvalue weighted by atomic mass is 32.1. The molecule has 0 saturated heterocycles. The highest BCUT2D eigenvalue weighted by Crippen LogP contribution is 2.30. The summed E-state index contributed by atoms with van der Waals surface area (Å²) >= 11 is 1.79. The van der Waals surface area contributed by atoms with Gasteiger partial charge in [-0.25, -0.2) is 4.98 Å². The van der Waals surface area contributed by atoms with E-state index >= 15 is 0 Å². The van der Waals surface area contributed by atoms with Crippen molar-refractivity contribution in [1.82, 2.24) is 4.98 Å². The van der Waals surface area contributed by atoms with E-state index < -0.39 is 0 Å². The summed E-state index contributed by atoms with van der Waals surface area (Å²) in [4.78, 5) is 5.88. The standard InChI is InChI=1S/C9H14N2S/c10-5-7-3-1-2-4-8-9(7)11-6-12-8/h6-7H,1-5,10H2. The second-order valence-electron chi connectivity index (χ2n) is 3.34. The van der Waals surface area contributed by atoms with Crippen LogP contribution in [0.2, 0.25) is 0 Å². The molecule has 12 heavy (non-hydrogen) atoms. The molecule has 1 unspecified atom stereocenters. The molecule has 1 aromatic heterocycles. The molecule has 2 nitrogen and oxygen atoms in total. The molecule has 1 aliphatic carbocycles. The smallest absolute Gasteiger partial charge is 0.0797 e. The third-order valence-electron chi connectivity index (χ3n) is 2.55. The van der Waals surface area contributed by atoms with Crippen LogP contribution >= 0.6 is 11.3 Å². The van der Waals surface area contributed by atoms with E-state index in [2.05, 4.69) is 4.98 Å². The lowest BCUT2D eigenvalue weighted by molar-refractivity contribution is 0.594. The summed E-state index contributed by atoms with van der Waals surface area (Å²) in [7, 11) is 0. The third-order valence-corrected chi connectivity index (χ3v) is 3.46. The van der Waals surface area contributed by atoms with Gasteiger partial charge in [0.15, 0.2) is 0 Å². The molecule has 1 heterocycles. The van der Waals surface area contributed by atoms with Crippen molar-refractivity contribution in [1.29, 1.82) is 0 Å². The van der Waals surface area contributed by atoms with Crippen molar-refractivity contribution in [2.24, 2.45) is 5.73 Å². The van der Waals surface area contributed by atoms with Gasteiger partial charge in [-0.05, 0) is 19.3 Å². The Morgan fingerprint density at radius 3 is 3.33 bits per heavy atom. The maximum Gasteiger partial charge on any atom is 0.0797 e. The molecule has 1 aliphatic rings. The van der Waals surface area contributed by atoms with Gasteiger partial charge in [0.05, 0.1) is 11.2 Å². The Kier molecular flexibility index (Phi) is 2.42. The van der Waals surface area contributed by atoms with Crippen molar-refractivity contribution in [3.8, 4) is 0 Å². The zero-order chi connectivity index (χ0) is 8.39. The SMILES string of the molecule is NCC1CCCCc2scnc21. The fourth-order valence-electron chi connectivity index (χ4n) is 1.84. The average Bonchev–Trinajstić information content (AvgIpc) is 2.46. The van der Waals surface area contributed by atoms with Crippen molar-refractivity contribution in [3.63, 3.8) is 0 Å². The van der Waals surface area contributed by atoms with Gasteiger partial charge >= 0.3 is 0 Å². The Morgan fingerprint density at radius 2 is 2.50 bits per heavy atom. The Labute approximate surface area is 76.8 Å². The Balaban J connectivity index is 2.29. The largest absolute Gasteiger partial charge is 0.330 e. The topological polar surface area (TPSA) is 38.9 Å². The second kappa shape index (κ2) is 3.54. The van der Waals surface area contributed by atoms with Crippen LogP contribution in [0, 0.1) is 0 Å². The number of nitrogens with zero attached hydrogens (tertiary/aromatic N) is 1. The molecule has 0 aliphatic heterocycles. The van der Waals surface area contributed by atoms with Crippen molar-refractivity contribution in [2.75, 3.05) is 6.54 Å². The summed E-state index contributed by atoms with van der Waals surface area (Å²) in [6, 6.07) is 0. The van der Waals surface area contributed by atoms with Gasteiger partial charge in [-0.1, -0.05) is 6.42 Å². The molecule has 0 spiro atoms. The van der Waals surface area contributed by atoms with E-state index in [0.29, 0.717) is 5.92 Å². The number of hydrogen-bond donors (Lipinski definition) is 1. The maximum absolute atomic E-state index is 5.71. The molecular formula is C9H14N2S. The van der Waals surface area contributed by atoms with Crippen molar-refractivity contribution in [2.45, 2.75) is 31.6 Å². The first kappa shape index (κ1) is 8.20. The van der Waals surface area contributed by atoms with Gasteiger partial charge in [0.2, 0.25) is 0 Å². The highest BCUT2D eigenvalue weighted by Gasteiger charge is 2.19. The van der Waals surface area contributed by atoms with Gasteiger partial charge in [-0.3, -0.25) is 0 Å². The van der Waals surface area contributed by atoms with Crippen LogP contribution in [-0.4, -0.2) is 11.5 Å². The molecule has 3 heteroatoms. The number of hydrogen-bond acceptors (Lipinski definition) is 3. The van der Waals surface area contributed by atoms with Crippen molar-refractivity contribution >= 4 is 11.3 Å². The summed E-state index contributed by atoms with van der Waals surface area (Å²) in [6.07, 6.45) is 5.07. The quantitative estimate of drug-likeness (QED) is 0.674. The maximum atomic E-state index is 5.71. The summed E-state index contributed by atoms with van der Waals surface area (Å²) in [5.41, 5.74) is 8.96. The number of aromatic nitrogens is 1. The van der Waals surface area contributed by atoms with Crippen molar-refractivity contribution < 1.29 is 0 Å². The first-order valence-corrected chi connectivity index (χ1v) is 5.42. The van der Waals surface area contributed by atoms with Crippen LogP contribution in [0.5, 0.6) is 0 Å². The van der Waals surface area contributed by atoms with E-state index in [1.807, 2.05) is 5.51 Å². The predicted molar refractivity (Wildman–Crippen MR) is 51.5 cm³/mol. The summed E-state index contributed by atoms with van der Waals surface area (Å²) in [6.45, 7) is 0.761.